The molecule has 4 heterocycles. The number of fused-ring (bicyclic) bond motifs is 4. The molecule has 0 spiro atoms. The fraction of sp³-hybridized carbons (Fsp3) is 0.600. The zero-order chi connectivity index (χ0) is 18.9. The molecule has 4 bridgehead atoms. The summed E-state index contributed by atoms with van der Waals surface area (Å²) in [6.07, 6.45) is 2.93. The van der Waals surface area contributed by atoms with Crippen molar-refractivity contribution in [1.29, 1.82) is 0 Å². The van der Waals surface area contributed by atoms with E-state index in [1.54, 1.807) is 11.7 Å². The lowest BCUT2D eigenvalue weighted by molar-refractivity contribution is -0.0325. The van der Waals surface area contributed by atoms with Crippen LogP contribution in [0, 0.1) is 11.8 Å². The van der Waals surface area contributed by atoms with E-state index in [1.807, 2.05) is 18.2 Å². The fourth-order valence-corrected chi connectivity index (χ4v) is 5.73. The van der Waals surface area contributed by atoms with E-state index in [0.29, 0.717) is 5.92 Å². The number of aromatic nitrogens is 1. The summed E-state index contributed by atoms with van der Waals surface area (Å²) < 4.78 is 31.8. The van der Waals surface area contributed by atoms with E-state index in [1.165, 1.54) is 0 Å². The minimum atomic E-state index is -2.22. The molecule has 5 atom stereocenters. The molecule has 1 aliphatic carbocycles. The average molecular weight is 329 g/mol. The van der Waals surface area contributed by atoms with Crippen LogP contribution in [-0.4, -0.2) is 47.4 Å². The van der Waals surface area contributed by atoms with Crippen molar-refractivity contribution in [2.45, 2.75) is 31.2 Å². The topological polar surface area (TPSA) is 37.6 Å². The smallest absolute Gasteiger partial charge is 0.119 e. The Morgan fingerprint density at radius 3 is 3.08 bits per heavy atom. The number of rotatable bonds is 2. The van der Waals surface area contributed by atoms with Crippen LogP contribution in [0.3, 0.4) is 0 Å². The predicted molar refractivity (Wildman–Crippen MR) is 94.6 cm³/mol. The standard InChI is InChI=1S/C20H26N2O2/c1-21-18-4-3-14(24-2)9-16(18)15-5-6-22-10-12-7-13(11-23)19(22)17(8-12)20(15)21/h3-4,9,12-13,17,19,23H,5-8,10-11H2,1-2H3/i1D3. The molecule has 1 aromatic heterocycles. The summed E-state index contributed by atoms with van der Waals surface area (Å²) in [4.78, 5) is 2.51. The summed E-state index contributed by atoms with van der Waals surface area (Å²) in [6.45, 7) is -0.0260. The first-order valence-electron chi connectivity index (χ1n) is 10.5. The number of methoxy groups -OCH3 is 1. The van der Waals surface area contributed by atoms with Gasteiger partial charge in [-0.25, -0.2) is 0 Å². The first-order chi connectivity index (χ1) is 12.9. The third-order valence-corrected chi connectivity index (χ3v) is 6.59. The number of piperidine rings is 2. The third kappa shape index (κ3) is 1.87. The molecule has 4 heteroatoms. The van der Waals surface area contributed by atoms with Crippen molar-refractivity contribution in [3.05, 3.63) is 29.5 Å². The molecule has 3 aliphatic heterocycles. The van der Waals surface area contributed by atoms with Crippen molar-refractivity contribution in [3.63, 3.8) is 0 Å². The predicted octanol–water partition coefficient (Wildman–Crippen LogP) is 2.53. The number of ether oxygens (including phenoxy) is 1. The second kappa shape index (κ2) is 5.24. The molecule has 24 heavy (non-hydrogen) atoms. The van der Waals surface area contributed by atoms with Crippen LogP contribution in [0.15, 0.2) is 18.2 Å². The molecule has 4 nitrogen and oxygen atoms in total. The van der Waals surface area contributed by atoms with Gasteiger partial charge in [-0.15, -0.1) is 0 Å². The van der Waals surface area contributed by atoms with Crippen LogP contribution in [0.1, 0.15) is 34.1 Å². The lowest BCUT2D eigenvalue weighted by Gasteiger charge is -2.53. The molecule has 0 radical (unpaired) electrons. The fourth-order valence-electron chi connectivity index (χ4n) is 5.73. The summed E-state index contributed by atoms with van der Waals surface area (Å²) in [6, 6.07) is 5.97. The van der Waals surface area contributed by atoms with E-state index < -0.39 is 6.98 Å². The molecule has 0 amide bonds. The normalized spacial score (nSPS) is 36.6. The molecule has 1 aromatic carbocycles. The Morgan fingerprint density at radius 2 is 2.29 bits per heavy atom. The Hall–Kier alpha value is -1.52. The van der Waals surface area contributed by atoms with Gasteiger partial charge in [-0.05, 0) is 54.9 Å². The van der Waals surface area contributed by atoms with Gasteiger partial charge in [-0.3, -0.25) is 4.90 Å². The Morgan fingerprint density at radius 1 is 1.38 bits per heavy atom. The minimum absolute atomic E-state index is 0.172. The number of hydrogen-bond acceptors (Lipinski definition) is 3. The summed E-state index contributed by atoms with van der Waals surface area (Å²) in [7, 11) is 1.64. The largest absolute Gasteiger partial charge is 0.497 e. The van der Waals surface area contributed by atoms with E-state index in [-0.39, 0.29) is 24.5 Å². The number of aliphatic hydroxyl groups is 1. The first-order valence-corrected chi connectivity index (χ1v) is 8.99. The molecule has 128 valence electrons. The van der Waals surface area contributed by atoms with Crippen molar-refractivity contribution < 1.29 is 14.0 Å². The lowest BCUT2D eigenvalue weighted by atomic mass is 9.66. The molecule has 4 aliphatic rings. The van der Waals surface area contributed by atoms with Crippen molar-refractivity contribution in [1.82, 2.24) is 9.47 Å². The summed E-state index contributed by atoms with van der Waals surface area (Å²) in [5.74, 6) is 1.72. The average Bonchev–Trinajstić information content (AvgIpc) is 2.94. The molecule has 2 saturated heterocycles. The highest BCUT2D eigenvalue weighted by molar-refractivity contribution is 5.87. The van der Waals surface area contributed by atoms with E-state index in [4.69, 9.17) is 8.85 Å². The van der Waals surface area contributed by atoms with E-state index in [2.05, 4.69) is 4.90 Å². The zero-order valence-electron chi connectivity index (χ0n) is 17.0. The van der Waals surface area contributed by atoms with Gasteiger partial charge >= 0.3 is 0 Å². The summed E-state index contributed by atoms with van der Waals surface area (Å²) in [5.41, 5.74) is 2.92. The molecular weight excluding hydrogens is 300 g/mol. The lowest BCUT2D eigenvalue weighted by Crippen LogP contribution is -2.57. The molecule has 2 aromatic rings. The Labute approximate surface area is 147 Å². The number of nitrogens with zero attached hydrogens (tertiary/aromatic N) is 2. The maximum Gasteiger partial charge on any atom is 0.119 e. The van der Waals surface area contributed by atoms with Gasteiger partial charge in [-0.1, -0.05) is 0 Å². The first kappa shape index (κ1) is 11.9. The van der Waals surface area contributed by atoms with Crippen LogP contribution >= 0.6 is 0 Å². The highest BCUT2D eigenvalue weighted by atomic mass is 16.5. The molecular formula is C20H26N2O2. The van der Waals surface area contributed by atoms with Gasteiger partial charge in [0.15, 0.2) is 0 Å². The Kier molecular flexibility index (Phi) is 2.60. The quantitative estimate of drug-likeness (QED) is 0.920. The van der Waals surface area contributed by atoms with Crippen LogP contribution in [0.5, 0.6) is 5.75 Å². The number of aliphatic hydroxyl groups excluding tert-OH is 1. The van der Waals surface area contributed by atoms with Gasteiger partial charge < -0.3 is 14.4 Å². The maximum absolute atomic E-state index is 9.98. The second-order valence-electron chi connectivity index (χ2n) is 7.70. The third-order valence-electron chi connectivity index (χ3n) is 6.59. The maximum atomic E-state index is 9.98. The minimum Gasteiger partial charge on any atom is -0.497 e. The van der Waals surface area contributed by atoms with Crippen molar-refractivity contribution in [2.75, 3.05) is 26.8 Å². The van der Waals surface area contributed by atoms with E-state index in [0.717, 1.165) is 60.3 Å². The van der Waals surface area contributed by atoms with Crippen molar-refractivity contribution in [2.24, 2.45) is 18.8 Å². The number of hydrogen-bond donors (Lipinski definition) is 1. The highest BCUT2D eigenvalue weighted by Crippen LogP contribution is 2.50. The van der Waals surface area contributed by atoms with E-state index >= 15 is 0 Å². The van der Waals surface area contributed by atoms with Crippen LogP contribution in [-0.2, 0) is 13.4 Å². The van der Waals surface area contributed by atoms with Gasteiger partial charge in [0.1, 0.15) is 5.75 Å². The molecule has 3 fully saturated rings. The zero-order valence-corrected chi connectivity index (χ0v) is 14.0. The molecule has 5 unspecified atom stereocenters. The summed E-state index contributed by atoms with van der Waals surface area (Å²) >= 11 is 0. The van der Waals surface area contributed by atoms with Gasteiger partial charge in [0.25, 0.3) is 0 Å². The van der Waals surface area contributed by atoms with Crippen LogP contribution in [0.2, 0.25) is 0 Å². The monoisotopic (exact) mass is 329 g/mol. The van der Waals surface area contributed by atoms with Gasteiger partial charge in [0, 0.05) is 59.3 Å². The molecule has 6 rings (SSSR count). The number of aryl methyl sites for hydroxylation is 1. The van der Waals surface area contributed by atoms with Crippen LogP contribution in [0.4, 0.5) is 0 Å². The highest BCUT2D eigenvalue weighted by Gasteiger charge is 2.49. The van der Waals surface area contributed by atoms with E-state index in [9.17, 15) is 5.11 Å². The van der Waals surface area contributed by atoms with Crippen molar-refractivity contribution in [3.8, 4) is 5.75 Å². The van der Waals surface area contributed by atoms with Gasteiger partial charge in [-0.2, -0.15) is 0 Å². The van der Waals surface area contributed by atoms with Gasteiger partial charge in [0.2, 0.25) is 0 Å². The number of benzene rings is 1. The Bertz CT molecular complexity index is 891. The SMILES string of the molecule is [2H]C([2H])([2H])n1c2c(c3cc(OC)ccc31)CCN1CC3CC(CO)C1C2C3. The van der Waals surface area contributed by atoms with Crippen molar-refractivity contribution >= 4 is 10.9 Å². The van der Waals surface area contributed by atoms with Crippen LogP contribution < -0.4 is 4.74 Å². The second-order valence-corrected chi connectivity index (χ2v) is 7.70. The molecule has 1 N–H and O–H groups in total. The molecule has 1 saturated carbocycles. The Balaban J connectivity index is 1.78. The summed E-state index contributed by atoms with van der Waals surface area (Å²) in [5, 5.41) is 11.0. The van der Waals surface area contributed by atoms with Gasteiger partial charge in [0.05, 0.1) is 7.11 Å². The van der Waals surface area contributed by atoms with Crippen LogP contribution in [0.25, 0.3) is 10.9 Å².